The van der Waals surface area contributed by atoms with E-state index in [4.69, 9.17) is 4.74 Å². The van der Waals surface area contributed by atoms with Crippen molar-refractivity contribution in [3.63, 3.8) is 0 Å². The Morgan fingerprint density at radius 2 is 2.28 bits per heavy atom. The van der Waals surface area contributed by atoms with Crippen LogP contribution in [-0.4, -0.2) is 21.8 Å². The van der Waals surface area contributed by atoms with E-state index in [2.05, 4.69) is 0 Å². The fourth-order valence-electron chi connectivity index (χ4n) is 2.23. The van der Waals surface area contributed by atoms with Gasteiger partial charge >= 0.3 is 5.69 Å². The third kappa shape index (κ3) is 3.03. The number of halogens is 1. The van der Waals surface area contributed by atoms with Gasteiger partial charge in [-0.15, -0.1) is 0 Å². The summed E-state index contributed by atoms with van der Waals surface area (Å²) in [5.74, 6) is 0. The van der Waals surface area contributed by atoms with Gasteiger partial charge in [-0.2, -0.15) is 0 Å². The molecule has 1 atom stereocenters. The molecular formula is C12H17IN2O3. The van der Waals surface area contributed by atoms with Crippen LogP contribution in [0.2, 0.25) is 0 Å². The molecule has 1 aliphatic heterocycles. The molecule has 100 valence electrons. The van der Waals surface area contributed by atoms with E-state index in [9.17, 15) is 9.59 Å². The number of rotatable bonds is 4. The Kier molecular flexibility index (Phi) is 4.60. The fourth-order valence-corrected chi connectivity index (χ4v) is 2.94. The molecule has 1 saturated heterocycles. The monoisotopic (exact) mass is 364 g/mol. The quantitative estimate of drug-likeness (QED) is 0.753. The topological polar surface area (TPSA) is 53.2 Å². The maximum atomic E-state index is 11.9. The minimum absolute atomic E-state index is 0.189. The van der Waals surface area contributed by atoms with Crippen LogP contribution in [0, 0.1) is 3.57 Å². The highest BCUT2D eigenvalue weighted by Crippen LogP contribution is 2.16. The van der Waals surface area contributed by atoms with Crippen molar-refractivity contribution < 1.29 is 4.74 Å². The van der Waals surface area contributed by atoms with Crippen LogP contribution in [0.15, 0.2) is 15.8 Å². The SMILES string of the molecule is Cn1cc(I)c(=O)n(CCCC2CCCO2)c1=O. The van der Waals surface area contributed by atoms with Crippen molar-refractivity contribution in [1.82, 2.24) is 9.13 Å². The van der Waals surface area contributed by atoms with Gasteiger partial charge in [0.25, 0.3) is 5.56 Å². The van der Waals surface area contributed by atoms with E-state index in [1.807, 2.05) is 22.6 Å². The molecule has 5 nitrogen and oxygen atoms in total. The van der Waals surface area contributed by atoms with Gasteiger partial charge in [0.2, 0.25) is 0 Å². The van der Waals surface area contributed by atoms with E-state index in [1.165, 1.54) is 9.13 Å². The highest BCUT2D eigenvalue weighted by Gasteiger charge is 2.15. The van der Waals surface area contributed by atoms with E-state index >= 15 is 0 Å². The van der Waals surface area contributed by atoms with Gasteiger partial charge < -0.3 is 9.30 Å². The molecule has 0 bridgehead atoms. The Morgan fingerprint density at radius 3 is 2.94 bits per heavy atom. The molecule has 1 aromatic heterocycles. The normalized spacial score (nSPS) is 19.3. The van der Waals surface area contributed by atoms with Crippen LogP contribution in [0.25, 0.3) is 0 Å². The first-order chi connectivity index (χ1) is 8.59. The molecule has 18 heavy (non-hydrogen) atoms. The van der Waals surface area contributed by atoms with Gasteiger partial charge in [0.05, 0.1) is 9.67 Å². The van der Waals surface area contributed by atoms with E-state index in [0.717, 1.165) is 32.3 Å². The fraction of sp³-hybridized carbons (Fsp3) is 0.667. The maximum absolute atomic E-state index is 11.9. The summed E-state index contributed by atoms with van der Waals surface area (Å²) in [4.78, 5) is 23.7. The molecule has 2 rings (SSSR count). The van der Waals surface area contributed by atoms with Crippen molar-refractivity contribution in [2.24, 2.45) is 7.05 Å². The van der Waals surface area contributed by atoms with Gasteiger partial charge in [0, 0.05) is 26.4 Å². The summed E-state index contributed by atoms with van der Waals surface area (Å²) in [6.45, 7) is 1.32. The van der Waals surface area contributed by atoms with E-state index in [-0.39, 0.29) is 11.2 Å². The largest absolute Gasteiger partial charge is 0.378 e. The maximum Gasteiger partial charge on any atom is 0.330 e. The lowest BCUT2D eigenvalue weighted by Gasteiger charge is -2.10. The number of ether oxygens (including phenoxy) is 1. The molecule has 6 heteroatoms. The standard InChI is InChI=1S/C12H17IN2O3/c1-14-8-10(13)11(16)15(12(14)17)6-2-4-9-5-3-7-18-9/h8-9H,2-7H2,1H3. The Balaban J connectivity index is 2.04. The average Bonchev–Trinajstić information content (AvgIpc) is 2.84. The van der Waals surface area contributed by atoms with Crippen molar-refractivity contribution in [2.45, 2.75) is 38.3 Å². The first kappa shape index (κ1) is 13.8. The van der Waals surface area contributed by atoms with Gasteiger partial charge in [-0.3, -0.25) is 9.36 Å². The lowest BCUT2D eigenvalue weighted by Crippen LogP contribution is -2.40. The Morgan fingerprint density at radius 1 is 1.50 bits per heavy atom. The van der Waals surface area contributed by atoms with Crippen molar-refractivity contribution in [3.05, 3.63) is 30.6 Å². The van der Waals surface area contributed by atoms with E-state index < -0.39 is 0 Å². The summed E-state index contributed by atoms with van der Waals surface area (Å²) in [5.41, 5.74) is -0.432. The summed E-state index contributed by atoms with van der Waals surface area (Å²) >= 11 is 1.96. The van der Waals surface area contributed by atoms with Crippen LogP contribution in [0.4, 0.5) is 0 Å². The van der Waals surface area contributed by atoms with E-state index in [1.54, 1.807) is 13.2 Å². The Hall–Kier alpha value is -0.630. The number of hydrogen-bond donors (Lipinski definition) is 0. The van der Waals surface area contributed by atoms with Gasteiger partial charge in [0.15, 0.2) is 0 Å². The Bertz CT molecular complexity index is 495. The zero-order valence-corrected chi connectivity index (χ0v) is 12.6. The van der Waals surface area contributed by atoms with Crippen LogP contribution in [0.1, 0.15) is 25.7 Å². The van der Waals surface area contributed by atoms with Crippen molar-refractivity contribution in [2.75, 3.05) is 6.61 Å². The highest BCUT2D eigenvalue weighted by atomic mass is 127. The molecule has 0 spiro atoms. The molecule has 0 amide bonds. The molecule has 0 radical (unpaired) electrons. The summed E-state index contributed by atoms with van der Waals surface area (Å²) < 4.78 is 8.87. The van der Waals surface area contributed by atoms with Crippen LogP contribution >= 0.6 is 22.6 Å². The van der Waals surface area contributed by atoms with Gasteiger partial charge in [-0.05, 0) is 48.3 Å². The summed E-state index contributed by atoms with van der Waals surface area (Å²) in [6, 6.07) is 0. The molecule has 1 fully saturated rings. The van der Waals surface area contributed by atoms with Gasteiger partial charge in [0.1, 0.15) is 0 Å². The zero-order chi connectivity index (χ0) is 13.1. The second kappa shape index (κ2) is 6.01. The first-order valence-electron chi connectivity index (χ1n) is 6.17. The molecule has 0 aliphatic carbocycles. The number of nitrogens with zero attached hydrogens (tertiary/aromatic N) is 2. The molecule has 1 aromatic rings. The highest BCUT2D eigenvalue weighted by molar-refractivity contribution is 14.1. The third-order valence-electron chi connectivity index (χ3n) is 3.22. The van der Waals surface area contributed by atoms with Crippen LogP contribution < -0.4 is 11.2 Å². The zero-order valence-electron chi connectivity index (χ0n) is 10.4. The number of hydrogen-bond acceptors (Lipinski definition) is 3. The molecule has 0 saturated carbocycles. The minimum atomic E-state index is -0.243. The van der Waals surface area contributed by atoms with Crippen LogP contribution in [0.5, 0.6) is 0 Å². The third-order valence-corrected chi connectivity index (χ3v) is 3.96. The smallest absolute Gasteiger partial charge is 0.330 e. The lowest BCUT2D eigenvalue weighted by atomic mass is 10.1. The van der Waals surface area contributed by atoms with Crippen molar-refractivity contribution in [1.29, 1.82) is 0 Å². The summed E-state index contributed by atoms with van der Waals surface area (Å²) in [5, 5.41) is 0. The molecule has 0 N–H and O–H groups in total. The Labute approximate surface area is 119 Å². The summed E-state index contributed by atoms with van der Waals surface area (Å²) in [7, 11) is 1.67. The molecule has 0 aromatic carbocycles. The second-order valence-corrected chi connectivity index (χ2v) is 5.77. The number of aromatic nitrogens is 2. The van der Waals surface area contributed by atoms with Crippen molar-refractivity contribution in [3.8, 4) is 0 Å². The molecular weight excluding hydrogens is 347 g/mol. The van der Waals surface area contributed by atoms with E-state index in [0.29, 0.717) is 16.2 Å². The van der Waals surface area contributed by atoms with Crippen LogP contribution in [0.3, 0.4) is 0 Å². The number of aryl methyl sites for hydroxylation is 1. The minimum Gasteiger partial charge on any atom is -0.378 e. The van der Waals surface area contributed by atoms with Gasteiger partial charge in [-0.25, -0.2) is 4.79 Å². The predicted molar refractivity (Wildman–Crippen MR) is 76.9 cm³/mol. The van der Waals surface area contributed by atoms with Crippen LogP contribution in [-0.2, 0) is 18.3 Å². The molecule has 1 aliphatic rings. The second-order valence-electron chi connectivity index (χ2n) is 4.60. The summed E-state index contributed by atoms with van der Waals surface area (Å²) in [6.07, 6.45) is 5.82. The molecule has 2 heterocycles. The molecule has 1 unspecified atom stereocenters. The lowest BCUT2D eigenvalue weighted by molar-refractivity contribution is 0.101. The van der Waals surface area contributed by atoms with Gasteiger partial charge in [-0.1, -0.05) is 0 Å². The predicted octanol–water partition coefficient (Wildman–Crippen LogP) is 1.11. The average molecular weight is 364 g/mol. The first-order valence-corrected chi connectivity index (χ1v) is 7.25. The van der Waals surface area contributed by atoms with Crippen molar-refractivity contribution >= 4 is 22.6 Å².